The number of alkyl halides is 3. The van der Waals surface area contributed by atoms with Crippen LogP contribution in [-0.4, -0.2) is 22.9 Å². The molecular weight excluding hydrogens is 291 g/mol. The Morgan fingerprint density at radius 2 is 1.71 bits per heavy atom. The first kappa shape index (κ1) is 15.0. The van der Waals surface area contributed by atoms with Crippen LogP contribution in [0.1, 0.15) is 35.2 Å². The van der Waals surface area contributed by atoms with Crippen LogP contribution >= 0.6 is 0 Å². The first-order valence-corrected chi connectivity index (χ1v) is 6.02. The highest BCUT2D eigenvalue weighted by molar-refractivity contribution is 6.18. The average Bonchev–Trinajstić information content (AvgIpc) is 2.37. The van der Waals surface area contributed by atoms with E-state index in [1.54, 1.807) is 0 Å². The molecule has 5 nitrogen and oxygen atoms in total. The standard InChI is InChI=1S/C13H10F3NO4/c14-13(15,16)7-4-5-8(12(20)21)9(6-7)17-10(18)2-1-3-11(17)19/h4-6H,1-3H2,(H,20,21). The molecule has 21 heavy (non-hydrogen) atoms. The lowest BCUT2D eigenvalue weighted by molar-refractivity contribution is -0.138. The van der Waals surface area contributed by atoms with Gasteiger partial charge in [-0.05, 0) is 24.6 Å². The molecule has 2 amide bonds. The Labute approximate surface area is 117 Å². The fourth-order valence-electron chi connectivity index (χ4n) is 2.10. The monoisotopic (exact) mass is 301 g/mol. The van der Waals surface area contributed by atoms with Gasteiger partial charge in [-0.25, -0.2) is 9.69 Å². The number of rotatable bonds is 2. The third-order valence-corrected chi connectivity index (χ3v) is 3.08. The van der Waals surface area contributed by atoms with Gasteiger partial charge in [0.1, 0.15) is 0 Å². The molecule has 0 spiro atoms. The van der Waals surface area contributed by atoms with E-state index < -0.39 is 40.8 Å². The fraction of sp³-hybridized carbons (Fsp3) is 0.308. The molecule has 2 rings (SSSR count). The van der Waals surface area contributed by atoms with Gasteiger partial charge in [-0.15, -0.1) is 0 Å². The minimum atomic E-state index is -4.70. The summed E-state index contributed by atoms with van der Waals surface area (Å²) in [6, 6.07) is 1.87. The molecule has 0 aliphatic carbocycles. The number of carboxylic acid groups (broad SMARTS) is 1. The van der Waals surface area contributed by atoms with Crippen molar-refractivity contribution >= 4 is 23.5 Å². The van der Waals surface area contributed by atoms with Crippen LogP contribution in [0.3, 0.4) is 0 Å². The summed E-state index contributed by atoms with van der Waals surface area (Å²) < 4.78 is 38.2. The largest absolute Gasteiger partial charge is 0.478 e. The number of anilines is 1. The second-order valence-electron chi connectivity index (χ2n) is 4.51. The SMILES string of the molecule is O=C(O)c1ccc(C(F)(F)F)cc1N1C(=O)CCCC1=O. The van der Waals surface area contributed by atoms with Crippen molar-refractivity contribution in [3.05, 3.63) is 29.3 Å². The van der Waals surface area contributed by atoms with Crippen molar-refractivity contribution in [2.75, 3.05) is 4.90 Å². The molecule has 1 aromatic carbocycles. The van der Waals surface area contributed by atoms with Crippen molar-refractivity contribution in [1.82, 2.24) is 0 Å². The molecular formula is C13H10F3NO4. The number of amides is 2. The van der Waals surface area contributed by atoms with E-state index in [4.69, 9.17) is 5.11 Å². The molecule has 0 unspecified atom stereocenters. The summed E-state index contributed by atoms with van der Waals surface area (Å²) in [4.78, 5) is 35.2. The Hall–Kier alpha value is -2.38. The summed E-state index contributed by atoms with van der Waals surface area (Å²) >= 11 is 0. The van der Waals surface area contributed by atoms with Gasteiger partial charge in [-0.1, -0.05) is 0 Å². The fourth-order valence-corrected chi connectivity index (χ4v) is 2.10. The van der Waals surface area contributed by atoms with E-state index in [-0.39, 0.29) is 12.8 Å². The minimum Gasteiger partial charge on any atom is -0.478 e. The lowest BCUT2D eigenvalue weighted by Gasteiger charge is -2.26. The molecule has 112 valence electrons. The van der Waals surface area contributed by atoms with Crippen molar-refractivity contribution < 1.29 is 32.7 Å². The Bertz CT molecular complexity index is 608. The number of hydrogen-bond donors (Lipinski definition) is 1. The lowest BCUT2D eigenvalue weighted by Crippen LogP contribution is -2.41. The molecule has 1 fully saturated rings. The maximum Gasteiger partial charge on any atom is 0.416 e. The quantitative estimate of drug-likeness (QED) is 0.851. The number of piperidine rings is 1. The molecule has 0 radical (unpaired) electrons. The molecule has 0 bridgehead atoms. The molecule has 0 saturated carbocycles. The van der Waals surface area contributed by atoms with Crippen LogP contribution < -0.4 is 4.90 Å². The number of hydrogen-bond acceptors (Lipinski definition) is 3. The summed E-state index contributed by atoms with van der Waals surface area (Å²) in [7, 11) is 0. The molecule has 8 heteroatoms. The predicted molar refractivity (Wildman–Crippen MR) is 64.7 cm³/mol. The Morgan fingerprint density at radius 1 is 1.14 bits per heavy atom. The van der Waals surface area contributed by atoms with Gasteiger partial charge < -0.3 is 5.11 Å². The van der Waals surface area contributed by atoms with Crippen molar-refractivity contribution in [2.24, 2.45) is 0 Å². The van der Waals surface area contributed by atoms with Crippen molar-refractivity contribution in [3.63, 3.8) is 0 Å². The van der Waals surface area contributed by atoms with Crippen LogP contribution in [0.4, 0.5) is 18.9 Å². The van der Waals surface area contributed by atoms with Crippen LogP contribution in [0.5, 0.6) is 0 Å². The number of benzene rings is 1. The van der Waals surface area contributed by atoms with E-state index in [2.05, 4.69) is 0 Å². The third-order valence-electron chi connectivity index (χ3n) is 3.08. The van der Waals surface area contributed by atoms with Crippen LogP contribution in [0.25, 0.3) is 0 Å². The molecule has 0 aromatic heterocycles. The maximum absolute atomic E-state index is 12.7. The topological polar surface area (TPSA) is 74.7 Å². The number of carbonyl (C=O) groups excluding carboxylic acids is 2. The molecule has 1 aliphatic rings. The first-order valence-electron chi connectivity index (χ1n) is 6.02. The number of nitrogens with zero attached hydrogens (tertiary/aromatic N) is 1. The number of carbonyl (C=O) groups is 3. The van der Waals surface area contributed by atoms with Gasteiger partial charge in [-0.2, -0.15) is 13.2 Å². The predicted octanol–water partition coefficient (Wildman–Crippen LogP) is 2.45. The van der Waals surface area contributed by atoms with Crippen molar-refractivity contribution in [1.29, 1.82) is 0 Å². The van der Waals surface area contributed by atoms with Crippen LogP contribution in [0.15, 0.2) is 18.2 Å². The minimum absolute atomic E-state index is 0.0129. The van der Waals surface area contributed by atoms with Gasteiger partial charge in [0.25, 0.3) is 0 Å². The molecule has 1 heterocycles. The van der Waals surface area contributed by atoms with Gasteiger partial charge in [0.2, 0.25) is 11.8 Å². The van der Waals surface area contributed by atoms with E-state index in [0.717, 1.165) is 6.07 Å². The molecule has 1 aromatic rings. The van der Waals surface area contributed by atoms with E-state index in [9.17, 15) is 27.6 Å². The van der Waals surface area contributed by atoms with Gasteiger partial charge in [-0.3, -0.25) is 9.59 Å². The number of imide groups is 1. The zero-order valence-corrected chi connectivity index (χ0v) is 10.6. The zero-order chi connectivity index (χ0) is 15.8. The molecule has 1 aliphatic heterocycles. The summed E-state index contributed by atoms with van der Waals surface area (Å²) in [5.74, 6) is -2.91. The zero-order valence-electron chi connectivity index (χ0n) is 10.6. The van der Waals surface area contributed by atoms with E-state index in [1.807, 2.05) is 0 Å². The maximum atomic E-state index is 12.7. The summed E-state index contributed by atoms with van der Waals surface area (Å²) in [6.07, 6.45) is -4.43. The lowest BCUT2D eigenvalue weighted by atomic mass is 10.0. The first-order chi connectivity index (χ1) is 9.71. The highest BCUT2D eigenvalue weighted by Gasteiger charge is 2.35. The summed E-state index contributed by atoms with van der Waals surface area (Å²) in [6.45, 7) is 0. The van der Waals surface area contributed by atoms with Gasteiger partial charge in [0.15, 0.2) is 0 Å². The Morgan fingerprint density at radius 3 is 2.19 bits per heavy atom. The second kappa shape index (κ2) is 5.19. The molecule has 1 saturated heterocycles. The Kier molecular flexibility index (Phi) is 3.71. The number of carboxylic acids is 1. The van der Waals surface area contributed by atoms with Gasteiger partial charge in [0, 0.05) is 12.8 Å². The van der Waals surface area contributed by atoms with E-state index in [0.29, 0.717) is 23.5 Å². The van der Waals surface area contributed by atoms with Crippen LogP contribution in [-0.2, 0) is 15.8 Å². The molecule has 0 atom stereocenters. The van der Waals surface area contributed by atoms with E-state index in [1.165, 1.54) is 0 Å². The highest BCUT2D eigenvalue weighted by Crippen LogP contribution is 2.34. The van der Waals surface area contributed by atoms with Gasteiger partial charge in [0.05, 0.1) is 16.8 Å². The van der Waals surface area contributed by atoms with Crippen LogP contribution in [0.2, 0.25) is 0 Å². The number of halogens is 3. The third kappa shape index (κ3) is 2.88. The van der Waals surface area contributed by atoms with Gasteiger partial charge >= 0.3 is 12.1 Å². The van der Waals surface area contributed by atoms with Crippen molar-refractivity contribution in [3.8, 4) is 0 Å². The van der Waals surface area contributed by atoms with Crippen molar-refractivity contribution in [2.45, 2.75) is 25.4 Å². The smallest absolute Gasteiger partial charge is 0.416 e. The summed E-state index contributed by atoms with van der Waals surface area (Å²) in [5, 5.41) is 9.03. The number of aromatic carboxylic acids is 1. The Balaban J connectivity index is 2.60. The molecule has 1 N–H and O–H groups in total. The van der Waals surface area contributed by atoms with E-state index >= 15 is 0 Å². The summed E-state index contributed by atoms with van der Waals surface area (Å²) in [5.41, 5.74) is -2.17. The average molecular weight is 301 g/mol. The second-order valence-corrected chi connectivity index (χ2v) is 4.51. The normalized spacial score (nSPS) is 16.2. The van der Waals surface area contributed by atoms with Crippen LogP contribution in [0, 0.1) is 0 Å². The highest BCUT2D eigenvalue weighted by atomic mass is 19.4.